The second kappa shape index (κ2) is 9.11. The maximum absolute atomic E-state index is 14.1. The second-order valence-electron chi connectivity index (χ2n) is 12.8. The molecule has 1 N–H and O–H groups in total. The maximum atomic E-state index is 14.1. The van der Waals surface area contributed by atoms with Crippen LogP contribution in [0.5, 0.6) is 0 Å². The van der Waals surface area contributed by atoms with E-state index in [4.69, 9.17) is 4.98 Å². The zero-order chi connectivity index (χ0) is 25.3. The Labute approximate surface area is 218 Å². The lowest BCUT2D eigenvalue weighted by Crippen LogP contribution is -2.61. The minimum absolute atomic E-state index is 0.110. The number of anilines is 1. The Balaban J connectivity index is 1.25. The number of carboxylic acids is 1. The van der Waals surface area contributed by atoms with Gasteiger partial charge >= 0.3 is 5.97 Å². The van der Waals surface area contributed by atoms with E-state index in [1.807, 2.05) is 28.8 Å². The van der Waals surface area contributed by atoms with Gasteiger partial charge in [-0.25, -0.2) is 9.78 Å². The molecule has 7 nitrogen and oxygen atoms in total. The molecule has 3 aliphatic heterocycles. The minimum atomic E-state index is -0.874. The normalized spacial score (nSPS) is 37.8. The van der Waals surface area contributed by atoms with Crippen LogP contribution in [0.2, 0.25) is 0 Å². The summed E-state index contributed by atoms with van der Waals surface area (Å²) in [5, 5.41) is 9.65. The van der Waals surface area contributed by atoms with Gasteiger partial charge in [0, 0.05) is 30.7 Å². The number of para-hydroxylation sites is 2. The Hall–Kier alpha value is -2.41. The highest BCUT2D eigenvalue weighted by molar-refractivity contribution is 5.81. The molecule has 5 fully saturated rings. The molecule has 2 aromatic rings. The van der Waals surface area contributed by atoms with Crippen LogP contribution in [-0.4, -0.2) is 56.2 Å². The number of carbonyl (C=O) groups is 1. The van der Waals surface area contributed by atoms with Crippen LogP contribution in [0.15, 0.2) is 29.1 Å². The topological polar surface area (TPSA) is 78.7 Å². The number of fused-ring (bicyclic) bond motifs is 5. The summed E-state index contributed by atoms with van der Waals surface area (Å²) in [5.41, 5.74) is 1.56. The van der Waals surface area contributed by atoms with Crippen LogP contribution in [0, 0.1) is 17.8 Å². The molecule has 7 unspecified atom stereocenters. The second-order valence-corrected chi connectivity index (χ2v) is 12.8. The summed E-state index contributed by atoms with van der Waals surface area (Å²) < 4.78 is 2.01. The molecule has 5 aliphatic rings. The quantitative estimate of drug-likeness (QED) is 0.642. The number of aliphatic carboxylic acids is 1. The molecule has 2 saturated carbocycles. The van der Waals surface area contributed by atoms with Crippen molar-refractivity contribution in [2.75, 3.05) is 11.4 Å². The van der Waals surface area contributed by atoms with Gasteiger partial charge in [0.15, 0.2) is 5.82 Å². The van der Waals surface area contributed by atoms with E-state index in [9.17, 15) is 14.7 Å². The van der Waals surface area contributed by atoms with E-state index in [2.05, 4.69) is 11.8 Å². The smallest absolute Gasteiger partial charge is 0.326 e. The Kier molecular flexibility index (Phi) is 5.83. The summed E-state index contributed by atoms with van der Waals surface area (Å²) in [4.78, 5) is 35.2. The first kappa shape index (κ1) is 23.7. The van der Waals surface area contributed by atoms with E-state index >= 15 is 0 Å². The number of rotatable bonds is 4. The first-order chi connectivity index (χ1) is 18.0. The van der Waals surface area contributed by atoms with Crippen LogP contribution < -0.4 is 10.5 Å². The van der Waals surface area contributed by atoms with Gasteiger partial charge in [-0.2, -0.15) is 0 Å². The van der Waals surface area contributed by atoms with Gasteiger partial charge in [-0.1, -0.05) is 38.3 Å². The largest absolute Gasteiger partial charge is 0.480 e. The fraction of sp³-hybridized carbons (Fsp3) is 0.700. The Morgan fingerprint density at radius 1 is 0.919 bits per heavy atom. The highest BCUT2D eigenvalue weighted by atomic mass is 16.4. The molecule has 2 aliphatic carbocycles. The van der Waals surface area contributed by atoms with Crippen LogP contribution >= 0.6 is 0 Å². The molecule has 198 valence electrons. The monoisotopic (exact) mass is 504 g/mol. The summed E-state index contributed by atoms with van der Waals surface area (Å²) >= 11 is 0. The van der Waals surface area contributed by atoms with Gasteiger partial charge in [0.25, 0.3) is 5.56 Å². The van der Waals surface area contributed by atoms with E-state index in [1.165, 1.54) is 51.4 Å². The molecule has 7 heteroatoms. The molecule has 0 spiro atoms. The highest BCUT2D eigenvalue weighted by Crippen LogP contribution is 2.48. The van der Waals surface area contributed by atoms with E-state index in [0.717, 1.165) is 35.7 Å². The van der Waals surface area contributed by atoms with Crippen LogP contribution in [0.1, 0.15) is 83.6 Å². The van der Waals surface area contributed by atoms with Gasteiger partial charge in [0.2, 0.25) is 0 Å². The number of hydrogen-bond donors (Lipinski definition) is 1. The molecule has 7 atom stereocenters. The molecule has 37 heavy (non-hydrogen) atoms. The van der Waals surface area contributed by atoms with Crippen molar-refractivity contribution in [1.82, 2.24) is 14.5 Å². The summed E-state index contributed by atoms with van der Waals surface area (Å²) in [6, 6.07) is 9.15. The van der Waals surface area contributed by atoms with E-state index < -0.39 is 12.0 Å². The summed E-state index contributed by atoms with van der Waals surface area (Å²) in [7, 11) is 0. The molecule has 7 rings (SSSR count). The number of aromatic nitrogens is 2. The third-order valence-corrected chi connectivity index (χ3v) is 10.7. The van der Waals surface area contributed by atoms with Gasteiger partial charge in [0.05, 0.1) is 11.0 Å². The van der Waals surface area contributed by atoms with Crippen molar-refractivity contribution < 1.29 is 9.90 Å². The van der Waals surface area contributed by atoms with Crippen molar-refractivity contribution in [1.29, 1.82) is 0 Å². The zero-order valence-electron chi connectivity index (χ0n) is 22.0. The summed E-state index contributed by atoms with van der Waals surface area (Å²) in [6.07, 6.45) is 13.5. The fourth-order valence-electron chi connectivity index (χ4n) is 8.95. The molecule has 0 amide bonds. The third kappa shape index (κ3) is 3.91. The first-order valence-corrected chi connectivity index (χ1v) is 14.8. The maximum Gasteiger partial charge on any atom is 0.326 e. The standard InChI is InChI=1S/C30H40N4O3/c1-18-9-10-21-16-23(17-27(18)33(21)22-14-19-5-4-6-20(13-19)15-22)34-25-8-3-2-7-24(25)31-28(29(34)35)32-12-11-26(32)30(36)37/h2-3,7-8,18-23,26-27H,4-6,9-17H2,1H3,(H,36,37). The minimum Gasteiger partial charge on any atom is -0.480 e. The van der Waals surface area contributed by atoms with Gasteiger partial charge in [-0.15, -0.1) is 0 Å². The number of piperidine rings is 2. The van der Waals surface area contributed by atoms with Crippen molar-refractivity contribution in [2.24, 2.45) is 17.8 Å². The Bertz CT molecular complexity index is 1250. The van der Waals surface area contributed by atoms with Crippen molar-refractivity contribution >= 4 is 22.8 Å². The molecular weight excluding hydrogens is 464 g/mol. The summed E-state index contributed by atoms with van der Waals surface area (Å²) in [5.74, 6) is 1.91. The van der Waals surface area contributed by atoms with Gasteiger partial charge in [-0.3, -0.25) is 9.69 Å². The Morgan fingerprint density at radius 2 is 1.70 bits per heavy atom. The van der Waals surface area contributed by atoms with Gasteiger partial charge < -0.3 is 14.6 Å². The lowest BCUT2D eigenvalue weighted by Gasteiger charge is -2.57. The molecule has 1 aromatic carbocycles. The fourth-order valence-corrected chi connectivity index (χ4v) is 8.95. The SMILES string of the molecule is CC1CCC2CC(n3c(=O)c(N4CCC4C(=O)O)nc4ccccc43)CC1N2C1CC2CCCC(C2)C1. The van der Waals surface area contributed by atoms with Crippen LogP contribution in [-0.2, 0) is 4.79 Å². The average molecular weight is 505 g/mol. The number of benzene rings is 1. The van der Waals surface area contributed by atoms with Gasteiger partial charge in [0.1, 0.15) is 6.04 Å². The van der Waals surface area contributed by atoms with E-state index in [1.54, 1.807) is 4.90 Å². The van der Waals surface area contributed by atoms with Crippen LogP contribution in [0.3, 0.4) is 0 Å². The number of hydrogen-bond acceptors (Lipinski definition) is 5. The van der Waals surface area contributed by atoms with Crippen LogP contribution in [0.25, 0.3) is 11.0 Å². The Morgan fingerprint density at radius 3 is 2.43 bits per heavy atom. The van der Waals surface area contributed by atoms with Crippen molar-refractivity contribution in [2.45, 2.75) is 108 Å². The van der Waals surface area contributed by atoms with Crippen molar-refractivity contribution in [3.63, 3.8) is 0 Å². The molecule has 4 heterocycles. The lowest BCUT2D eigenvalue weighted by atomic mass is 9.67. The van der Waals surface area contributed by atoms with Crippen molar-refractivity contribution in [3.8, 4) is 0 Å². The number of carboxylic acid groups (broad SMARTS) is 1. The molecule has 0 radical (unpaired) electrons. The lowest BCUT2D eigenvalue weighted by molar-refractivity contribution is -0.140. The van der Waals surface area contributed by atoms with E-state index in [0.29, 0.717) is 42.8 Å². The third-order valence-electron chi connectivity index (χ3n) is 10.7. The first-order valence-electron chi connectivity index (χ1n) is 14.8. The number of nitrogens with zero attached hydrogens (tertiary/aromatic N) is 4. The highest BCUT2D eigenvalue weighted by Gasteiger charge is 2.48. The van der Waals surface area contributed by atoms with Gasteiger partial charge in [-0.05, 0) is 81.3 Å². The molecule has 1 aromatic heterocycles. The predicted molar refractivity (Wildman–Crippen MR) is 144 cm³/mol. The molecule has 4 bridgehead atoms. The average Bonchev–Trinajstić information content (AvgIpc) is 2.85. The predicted octanol–water partition coefficient (Wildman–Crippen LogP) is 4.83. The van der Waals surface area contributed by atoms with Crippen molar-refractivity contribution in [3.05, 3.63) is 34.6 Å². The molecular formula is C30H40N4O3. The molecule has 3 saturated heterocycles. The summed E-state index contributed by atoms with van der Waals surface area (Å²) in [6.45, 7) is 3.00. The zero-order valence-corrected chi connectivity index (χ0v) is 22.0. The van der Waals surface area contributed by atoms with E-state index in [-0.39, 0.29) is 11.6 Å². The van der Waals surface area contributed by atoms with Crippen LogP contribution in [0.4, 0.5) is 5.82 Å².